The van der Waals surface area contributed by atoms with Gasteiger partial charge in [0.1, 0.15) is 11.5 Å². The molecule has 3 aromatic rings. The third kappa shape index (κ3) is 2.63. The monoisotopic (exact) mass is 419 g/mol. The molecule has 2 aliphatic rings. The second kappa shape index (κ2) is 7.06. The van der Waals surface area contributed by atoms with Gasteiger partial charge in [-0.1, -0.05) is 36.4 Å². The molecule has 0 amide bonds. The van der Waals surface area contributed by atoms with Gasteiger partial charge in [-0.15, -0.1) is 11.6 Å². The SMILES string of the molecule is CC(C)N(CCCl)c1ccc2c(c1)Oc1ccccc1C21OC(=O)c2ccccc21. The molecule has 0 saturated carbocycles. The van der Waals surface area contributed by atoms with E-state index in [4.69, 9.17) is 21.1 Å². The number of fused-ring (bicyclic) bond motifs is 6. The average molecular weight is 420 g/mol. The van der Waals surface area contributed by atoms with Crippen LogP contribution in [0, 0.1) is 0 Å². The van der Waals surface area contributed by atoms with Gasteiger partial charge in [-0.25, -0.2) is 4.79 Å². The van der Waals surface area contributed by atoms with Crippen molar-refractivity contribution in [3.05, 3.63) is 89.0 Å². The maximum atomic E-state index is 12.8. The van der Waals surface area contributed by atoms with E-state index in [0.717, 1.165) is 28.9 Å². The number of para-hydroxylation sites is 1. The second-order valence-electron chi connectivity index (χ2n) is 7.87. The Labute approximate surface area is 181 Å². The molecule has 152 valence electrons. The van der Waals surface area contributed by atoms with Crippen molar-refractivity contribution in [1.82, 2.24) is 0 Å². The largest absolute Gasteiger partial charge is 0.456 e. The fourth-order valence-electron chi connectivity index (χ4n) is 4.57. The van der Waals surface area contributed by atoms with E-state index in [1.54, 1.807) is 0 Å². The van der Waals surface area contributed by atoms with Gasteiger partial charge in [-0.2, -0.15) is 0 Å². The van der Waals surface area contributed by atoms with Crippen LogP contribution in [0.3, 0.4) is 0 Å². The smallest absolute Gasteiger partial charge is 0.340 e. The van der Waals surface area contributed by atoms with Crippen LogP contribution >= 0.6 is 11.6 Å². The van der Waals surface area contributed by atoms with Gasteiger partial charge >= 0.3 is 5.97 Å². The van der Waals surface area contributed by atoms with Crippen molar-refractivity contribution in [2.75, 3.05) is 17.3 Å². The van der Waals surface area contributed by atoms with Gasteiger partial charge in [0.15, 0.2) is 5.60 Å². The topological polar surface area (TPSA) is 38.8 Å². The number of hydrogen-bond donors (Lipinski definition) is 0. The van der Waals surface area contributed by atoms with Gasteiger partial charge in [-0.05, 0) is 38.1 Å². The molecule has 0 fully saturated rings. The molecule has 0 aliphatic carbocycles. The van der Waals surface area contributed by atoms with E-state index < -0.39 is 5.60 Å². The van der Waals surface area contributed by atoms with E-state index in [9.17, 15) is 4.79 Å². The van der Waals surface area contributed by atoms with Gasteiger partial charge in [0.25, 0.3) is 0 Å². The minimum atomic E-state index is -1.01. The number of halogens is 1. The quantitative estimate of drug-likeness (QED) is 0.401. The molecule has 30 heavy (non-hydrogen) atoms. The number of rotatable bonds is 4. The summed E-state index contributed by atoms with van der Waals surface area (Å²) in [6.45, 7) is 5.01. The van der Waals surface area contributed by atoms with Crippen molar-refractivity contribution in [2.45, 2.75) is 25.5 Å². The molecule has 1 spiro atoms. The molecular weight excluding hydrogens is 398 g/mol. The number of nitrogens with zero attached hydrogens (tertiary/aromatic N) is 1. The number of benzene rings is 3. The van der Waals surface area contributed by atoms with E-state index in [-0.39, 0.29) is 12.0 Å². The van der Waals surface area contributed by atoms with E-state index in [1.807, 2.05) is 60.7 Å². The summed E-state index contributed by atoms with van der Waals surface area (Å²) < 4.78 is 12.5. The summed E-state index contributed by atoms with van der Waals surface area (Å²) in [5.41, 5.74) is 3.13. The van der Waals surface area contributed by atoms with Gasteiger partial charge in [0.2, 0.25) is 0 Å². The van der Waals surface area contributed by atoms with Crippen molar-refractivity contribution < 1.29 is 14.3 Å². The first-order chi connectivity index (χ1) is 14.6. The van der Waals surface area contributed by atoms with E-state index in [0.29, 0.717) is 22.9 Å². The fraction of sp³-hybridized carbons (Fsp3) is 0.240. The highest BCUT2D eigenvalue weighted by atomic mass is 35.5. The third-order valence-corrected chi connectivity index (χ3v) is 6.05. The van der Waals surface area contributed by atoms with Crippen molar-refractivity contribution in [1.29, 1.82) is 0 Å². The lowest BCUT2D eigenvalue weighted by Gasteiger charge is -2.37. The summed E-state index contributed by atoms with van der Waals surface area (Å²) in [6, 6.07) is 21.7. The molecule has 5 rings (SSSR count). The van der Waals surface area contributed by atoms with Crippen LogP contribution < -0.4 is 9.64 Å². The van der Waals surface area contributed by atoms with Crippen molar-refractivity contribution in [3.8, 4) is 11.5 Å². The molecule has 3 aromatic carbocycles. The first-order valence-corrected chi connectivity index (χ1v) is 10.7. The molecule has 0 bridgehead atoms. The Morgan fingerprint density at radius 2 is 1.63 bits per heavy atom. The molecule has 2 heterocycles. The zero-order valence-corrected chi connectivity index (χ0v) is 17.6. The van der Waals surface area contributed by atoms with Crippen molar-refractivity contribution in [2.24, 2.45) is 0 Å². The van der Waals surface area contributed by atoms with Crippen LogP contribution in [-0.2, 0) is 10.3 Å². The highest BCUT2D eigenvalue weighted by Crippen LogP contribution is 2.56. The lowest BCUT2D eigenvalue weighted by Crippen LogP contribution is -2.34. The van der Waals surface area contributed by atoms with Crippen LogP contribution in [0.2, 0.25) is 0 Å². The fourth-order valence-corrected chi connectivity index (χ4v) is 4.75. The van der Waals surface area contributed by atoms with Crippen LogP contribution in [0.4, 0.5) is 5.69 Å². The summed E-state index contributed by atoms with van der Waals surface area (Å²) in [5.74, 6) is 1.60. The van der Waals surface area contributed by atoms with Gasteiger partial charge in [0, 0.05) is 46.9 Å². The highest BCUT2D eigenvalue weighted by Gasteiger charge is 2.53. The standard InChI is InChI=1S/C25H22ClNO3/c1-16(2)27(14-13-26)17-11-12-21-23(15-17)29-22-10-6-5-9-20(22)25(21)19-8-4-3-7-18(19)24(28)30-25/h3-12,15-16H,13-14H2,1-2H3. The van der Waals surface area contributed by atoms with Crippen molar-refractivity contribution >= 4 is 23.3 Å². The zero-order valence-electron chi connectivity index (χ0n) is 16.9. The highest BCUT2D eigenvalue weighted by molar-refractivity contribution is 6.18. The molecule has 0 N–H and O–H groups in total. The number of alkyl halides is 1. The van der Waals surface area contributed by atoms with E-state index in [1.165, 1.54) is 0 Å². The molecule has 0 aromatic heterocycles. The maximum Gasteiger partial charge on any atom is 0.340 e. The molecular formula is C25H22ClNO3. The predicted molar refractivity (Wildman–Crippen MR) is 118 cm³/mol. The summed E-state index contributed by atoms with van der Waals surface area (Å²) in [7, 11) is 0. The number of anilines is 1. The molecule has 5 heteroatoms. The van der Waals surface area contributed by atoms with Crippen LogP contribution in [-0.4, -0.2) is 24.4 Å². The van der Waals surface area contributed by atoms with Gasteiger partial charge in [0.05, 0.1) is 5.56 Å². The number of ether oxygens (including phenoxy) is 2. The Kier molecular flexibility index (Phi) is 4.48. The Morgan fingerprint density at radius 1 is 0.933 bits per heavy atom. The lowest BCUT2D eigenvalue weighted by atomic mass is 9.77. The Hall–Kier alpha value is -2.98. The third-order valence-electron chi connectivity index (χ3n) is 5.88. The minimum absolute atomic E-state index is 0.289. The first kappa shape index (κ1) is 19.0. The second-order valence-corrected chi connectivity index (χ2v) is 8.25. The van der Waals surface area contributed by atoms with Gasteiger partial charge in [-0.3, -0.25) is 0 Å². The summed E-state index contributed by atoms with van der Waals surface area (Å²) >= 11 is 6.04. The molecule has 1 atom stereocenters. The number of hydrogen-bond acceptors (Lipinski definition) is 4. The van der Waals surface area contributed by atoms with Crippen molar-refractivity contribution in [3.63, 3.8) is 0 Å². The number of carbonyl (C=O) groups is 1. The molecule has 1 unspecified atom stereocenters. The predicted octanol–water partition coefficient (Wildman–Crippen LogP) is 5.71. The molecule has 0 radical (unpaired) electrons. The van der Waals surface area contributed by atoms with E-state index in [2.05, 4.69) is 24.8 Å². The number of esters is 1. The molecule has 0 saturated heterocycles. The van der Waals surface area contributed by atoms with Crippen LogP contribution in [0.5, 0.6) is 11.5 Å². The minimum Gasteiger partial charge on any atom is -0.456 e. The first-order valence-electron chi connectivity index (χ1n) is 10.1. The molecule has 2 aliphatic heterocycles. The summed E-state index contributed by atoms with van der Waals surface area (Å²) in [6.07, 6.45) is 0. The number of carbonyl (C=O) groups excluding carboxylic acids is 1. The van der Waals surface area contributed by atoms with Gasteiger partial charge < -0.3 is 14.4 Å². The van der Waals surface area contributed by atoms with Crippen LogP contribution in [0.1, 0.15) is 40.9 Å². The summed E-state index contributed by atoms with van der Waals surface area (Å²) in [4.78, 5) is 15.1. The molecule has 4 nitrogen and oxygen atoms in total. The van der Waals surface area contributed by atoms with Crippen LogP contribution in [0.25, 0.3) is 0 Å². The zero-order chi connectivity index (χ0) is 20.9. The maximum absolute atomic E-state index is 12.8. The Morgan fingerprint density at radius 3 is 2.40 bits per heavy atom. The average Bonchev–Trinajstić information content (AvgIpc) is 3.05. The Balaban J connectivity index is 1.75. The summed E-state index contributed by atoms with van der Waals surface area (Å²) in [5, 5.41) is 0. The lowest BCUT2D eigenvalue weighted by molar-refractivity contribution is 0.0224. The Bertz CT molecular complexity index is 1140. The van der Waals surface area contributed by atoms with Crippen LogP contribution in [0.15, 0.2) is 66.7 Å². The normalized spacial score (nSPS) is 18.5. The van der Waals surface area contributed by atoms with E-state index >= 15 is 0 Å².